The van der Waals surface area contributed by atoms with Gasteiger partial charge < -0.3 is 14.2 Å². The Balaban J connectivity index is 1.22. The minimum Gasteiger partial charge on any atom is -0.408 e. The number of quaternary nitrogens is 2. The molecule has 0 saturated carbocycles. The van der Waals surface area contributed by atoms with Crippen LogP contribution in [0.1, 0.15) is 12.0 Å². The lowest BCUT2D eigenvalue weighted by molar-refractivity contribution is -1.02. The highest BCUT2D eigenvalue weighted by atomic mass is 32.2. The Morgan fingerprint density at radius 2 is 1.74 bits per heavy atom. The van der Waals surface area contributed by atoms with Gasteiger partial charge in [-0.1, -0.05) is 30.3 Å². The van der Waals surface area contributed by atoms with Crippen molar-refractivity contribution in [1.29, 1.82) is 0 Å². The largest absolute Gasteiger partial charge is 0.419 e. The molecule has 0 amide bonds. The summed E-state index contributed by atoms with van der Waals surface area (Å²) in [4.78, 5) is 14.9. The second-order valence-electron chi connectivity index (χ2n) is 8.22. The Labute approximate surface area is 182 Å². The summed E-state index contributed by atoms with van der Waals surface area (Å²) < 4.78 is 34.3. The number of hydrogen-bond acceptors (Lipinski definition) is 4. The van der Waals surface area contributed by atoms with E-state index in [-0.39, 0.29) is 10.5 Å². The molecule has 2 aromatic carbocycles. The zero-order valence-corrected chi connectivity index (χ0v) is 18.6. The first-order valence-electron chi connectivity index (χ1n) is 10.7. The van der Waals surface area contributed by atoms with Gasteiger partial charge in [-0.25, -0.2) is 17.9 Å². The van der Waals surface area contributed by atoms with Gasteiger partial charge in [0.25, 0.3) is 0 Å². The topological polar surface area (TPSA) is 90.2 Å². The van der Waals surface area contributed by atoms with Crippen LogP contribution in [0.2, 0.25) is 0 Å². The molecule has 166 valence electrons. The highest BCUT2D eigenvalue weighted by Gasteiger charge is 2.23. The maximum Gasteiger partial charge on any atom is 0.419 e. The molecule has 2 heterocycles. The second kappa shape index (κ2) is 9.35. The number of benzene rings is 2. The average Bonchev–Trinajstić information content (AvgIpc) is 3.06. The van der Waals surface area contributed by atoms with Crippen LogP contribution in [-0.4, -0.2) is 52.3 Å². The van der Waals surface area contributed by atoms with Gasteiger partial charge in [-0.2, -0.15) is 0 Å². The quantitative estimate of drug-likeness (QED) is 0.379. The third-order valence-corrected chi connectivity index (χ3v) is 7.49. The number of nitrogens with one attached hydrogen (secondary N) is 3. The van der Waals surface area contributed by atoms with E-state index in [0.717, 1.165) is 45.7 Å². The maximum atomic E-state index is 12.6. The van der Waals surface area contributed by atoms with E-state index in [2.05, 4.69) is 29.0 Å². The van der Waals surface area contributed by atoms with Crippen molar-refractivity contribution in [2.45, 2.75) is 17.9 Å². The van der Waals surface area contributed by atoms with E-state index >= 15 is 0 Å². The second-order valence-corrected chi connectivity index (χ2v) is 9.99. The minimum absolute atomic E-state index is 0.111. The molecule has 1 saturated heterocycles. The van der Waals surface area contributed by atoms with E-state index in [1.54, 1.807) is 18.0 Å². The van der Waals surface area contributed by atoms with E-state index in [1.165, 1.54) is 27.2 Å². The summed E-state index contributed by atoms with van der Waals surface area (Å²) in [5, 5.41) is 0. The van der Waals surface area contributed by atoms with Crippen molar-refractivity contribution in [1.82, 2.24) is 9.29 Å². The number of aromatic nitrogens is 1. The van der Waals surface area contributed by atoms with Gasteiger partial charge >= 0.3 is 5.76 Å². The van der Waals surface area contributed by atoms with Crippen LogP contribution < -0.4 is 20.3 Å². The van der Waals surface area contributed by atoms with Crippen molar-refractivity contribution < 1.29 is 22.6 Å². The summed E-state index contributed by atoms with van der Waals surface area (Å²) in [5.41, 5.74) is 2.22. The zero-order chi connectivity index (χ0) is 21.8. The molecule has 0 bridgehead atoms. The fourth-order valence-electron chi connectivity index (χ4n) is 4.18. The Hall–Kier alpha value is -2.46. The molecule has 1 aliphatic rings. The SMILES string of the molecule is Cn1c(=O)oc2cc(S(=O)(=O)NCCC[NH+]3CC[NH+](Cc4ccccc4)CC3)ccc21. The van der Waals surface area contributed by atoms with Gasteiger partial charge in [-0.15, -0.1) is 0 Å². The van der Waals surface area contributed by atoms with E-state index < -0.39 is 15.8 Å². The number of hydrogen-bond donors (Lipinski definition) is 3. The van der Waals surface area contributed by atoms with E-state index in [1.807, 2.05) is 6.07 Å². The predicted octanol–water partition coefficient (Wildman–Crippen LogP) is -1.22. The van der Waals surface area contributed by atoms with Gasteiger partial charge in [0.1, 0.15) is 32.7 Å². The Kier molecular flexibility index (Phi) is 6.57. The summed E-state index contributed by atoms with van der Waals surface area (Å²) in [5.74, 6) is -0.508. The first-order chi connectivity index (χ1) is 14.9. The lowest BCUT2D eigenvalue weighted by atomic mass is 10.2. The maximum absolute atomic E-state index is 12.6. The Bertz CT molecular complexity index is 1180. The summed E-state index contributed by atoms with van der Waals surface area (Å²) >= 11 is 0. The molecule has 0 radical (unpaired) electrons. The number of nitrogens with zero attached hydrogens (tertiary/aromatic N) is 1. The van der Waals surface area contributed by atoms with Gasteiger partial charge in [-0.05, 0) is 12.1 Å². The van der Waals surface area contributed by atoms with Crippen LogP contribution >= 0.6 is 0 Å². The summed E-state index contributed by atoms with van der Waals surface area (Å²) in [6.45, 7) is 6.91. The van der Waals surface area contributed by atoms with Crippen LogP contribution in [0.5, 0.6) is 0 Å². The van der Waals surface area contributed by atoms with Crippen molar-refractivity contribution in [3.63, 3.8) is 0 Å². The highest BCUT2D eigenvalue weighted by molar-refractivity contribution is 7.89. The van der Waals surface area contributed by atoms with Gasteiger partial charge in [0, 0.05) is 31.6 Å². The highest BCUT2D eigenvalue weighted by Crippen LogP contribution is 2.17. The Morgan fingerprint density at radius 1 is 1.03 bits per heavy atom. The Morgan fingerprint density at radius 3 is 2.48 bits per heavy atom. The number of rotatable bonds is 8. The molecule has 0 spiro atoms. The number of oxazole rings is 1. The molecule has 1 aromatic heterocycles. The molecule has 8 nitrogen and oxygen atoms in total. The molecule has 31 heavy (non-hydrogen) atoms. The minimum atomic E-state index is -3.64. The number of aryl methyl sites for hydroxylation is 1. The first kappa shape index (κ1) is 21.8. The molecule has 0 unspecified atom stereocenters. The molecule has 3 aromatic rings. The smallest absolute Gasteiger partial charge is 0.408 e. The van der Waals surface area contributed by atoms with Crippen molar-refractivity contribution in [2.75, 3.05) is 39.3 Å². The molecule has 1 aliphatic heterocycles. The van der Waals surface area contributed by atoms with Crippen LogP contribution in [0.3, 0.4) is 0 Å². The predicted molar refractivity (Wildman–Crippen MR) is 118 cm³/mol. The van der Waals surface area contributed by atoms with Gasteiger partial charge in [0.15, 0.2) is 5.58 Å². The van der Waals surface area contributed by atoms with E-state index in [9.17, 15) is 13.2 Å². The normalized spacial score (nSPS) is 19.6. The fraction of sp³-hybridized carbons (Fsp3) is 0.409. The molecule has 0 aliphatic carbocycles. The molecule has 9 heteroatoms. The van der Waals surface area contributed by atoms with E-state index in [0.29, 0.717) is 12.1 Å². The van der Waals surface area contributed by atoms with Crippen LogP contribution in [-0.2, 0) is 23.6 Å². The van der Waals surface area contributed by atoms with Crippen LogP contribution in [0, 0.1) is 0 Å². The first-order valence-corrected chi connectivity index (χ1v) is 12.2. The summed E-state index contributed by atoms with van der Waals surface area (Å²) in [6.07, 6.45) is 0.783. The number of fused-ring (bicyclic) bond motifs is 1. The lowest BCUT2D eigenvalue weighted by Crippen LogP contribution is -3.27. The van der Waals surface area contributed by atoms with Crippen LogP contribution in [0.15, 0.2) is 62.6 Å². The molecular weight excluding hydrogens is 416 g/mol. The molecule has 3 N–H and O–H groups in total. The van der Waals surface area contributed by atoms with Gasteiger partial charge in [-0.3, -0.25) is 4.57 Å². The van der Waals surface area contributed by atoms with Crippen LogP contribution in [0.25, 0.3) is 11.1 Å². The lowest BCUT2D eigenvalue weighted by Gasteiger charge is -2.29. The average molecular weight is 447 g/mol. The van der Waals surface area contributed by atoms with Crippen molar-refractivity contribution in [3.8, 4) is 0 Å². The molecule has 1 fully saturated rings. The van der Waals surface area contributed by atoms with Gasteiger partial charge in [0.05, 0.1) is 17.0 Å². The standard InChI is InChI=1S/C22H28N4O4S/c1-24-20-9-8-19(16-21(20)30-22(24)27)31(28,29)23-10-5-11-25-12-14-26(15-13-25)17-18-6-3-2-4-7-18/h2-4,6-9,16,23H,5,10-15,17H2,1H3/p+2. The third-order valence-electron chi connectivity index (χ3n) is 6.03. The number of piperazine rings is 1. The van der Waals surface area contributed by atoms with Crippen molar-refractivity contribution in [3.05, 3.63) is 64.6 Å². The molecule has 4 rings (SSSR count). The monoisotopic (exact) mass is 446 g/mol. The third kappa shape index (κ3) is 5.24. The van der Waals surface area contributed by atoms with E-state index in [4.69, 9.17) is 4.42 Å². The summed E-state index contributed by atoms with van der Waals surface area (Å²) in [6, 6.07) is 15.1. The molecule has 0 atom stereocenters. The van der Waals surface area contributed by atoms with Crippen molar-refractivity contribution >= 4 is 21.1 Å². The summed E-state index contributed by atoms with van der Waals surface area (Å²) in [7, 11) is -2.05. The fourth-order valence-corrected chi connectivity index (χ4v) is 5.27. The van der Waals surface area contributed by atoms with Crippen LogP contribution in [0.4, 0.5) is 0 Å². The van der Waals surface area contributed by atoms with Gasteiger partial charge in [0.2, 0.25) is 10.0 Å². The number of sulfonamides is 1. The van der Waals surface area contributed by atoms with Crippen molar-refractivity contribution in [2.24, 2.45) is 7.05 Å². The zero-order valence-electron chi connectivity index (χ0n) is 17.8. The molecular formula is C22H30N4O4S+2.